The first kappa shape index (κ1) is 18.4. The van der Waals surface area contributed by atoms with Gasteiger partial charge in [0.05, 0.1) is 24.9 Å². The normalized spacial score (nSPS) is 19.7. The van der Waals surface area contributed by atoms with Gasteiger partial charge in [-0.25, -0.2) is 0 Å². The van der Waals surface area contributed by atoms with Crippen LogP contribution in [0.3, 0.4) is 0 Å². The fourth-order valence-electron chi connectivity index (χ4n) is 2.96. The molecule has 0 radical (unpaired) electrons. The van der Waals surface area contributed by atoms with Gasteiger partial charge >= 0.3 is 0 Å². The molecule has 4 heteroatoms. The van der Waals surface area contributed by atoms with Crippen molar-refractivity contribution in [3.05, 3.63) is 35.4 Å². The van der Waals surface area contributed by atoms with Gasteiger partial charge in [-0.15, -0.1) is 0 Å². The fraction of sp³-hybridized carbons (Fsp3) is 0.684. The van der Waals surface area contributed by atoms with Crippen LogP contribution >= 0.6 is 0 Å². The van der Waals surface area contributed by atoms with Crippen LogP contribution in [0.15, 0.2) is 24.3 Å². The first-order valence-electron chi connectivity index (χ1n) is 8.72. The summed E-state index contributed by atoms with van der Waals surface area (Å²) in [7, 11) is 0. The van der Waals surface area contributed by atoms with E-state index in [1.165, 1.54) is 11.1 Å². The van der Waals surface area contributed by atoms with Crippen molar-refractivity contribution >= 4 is 0 Å². The van der Waals surface area contributed by atoms with E-state index in [0.29, 0.717) is 13.2 Å². The van der Waals surface area contributed by atoms with Crippen LogP contribution in [0, 0.1) is 6.92 Å². The zero-order valence-corrected chi connectivity index (χ0v) is 14.7. The van der Waals surface area contributed by atoms with E-state index in [1.807, 2.05) is 13.8 Å². The molecule has 1 aromatic rings. The molecular formula is C19H31NO3. The quantitative estimate of drug-likeness (QED) is 0.759. The van der Waals surface area contributed by atoms with E-state index >= 15 is 0 Å². The third-order valence-corrected chi connectivity index (χ3v) is 4.23. The lowest BCUT2D eigenvalue weighted by Gasteiger charge is -2.28. The Morgan fingerprint density at radius 1 is 1.35 bits per heavy atom. The van der Waals surface area contributed by atoms with Crippen molar-refractivity contribution < 1.29 is 14.6 Å². The molecule has 0 saturated carbocycles. The maximum absolute atomic E-state index is 10.3. The Labute approximate surface area is 140 Å². The number of benzene rings is 1. The van der Waals surface area contributed by atoms with Crippen LogP contribution in [0.1, 0.15) is 37.8 Å². The second kappa shape index (κ2) is 9.38. The van der Waals surface area contributed by atoms with E-state index in [0.717, 1.165) is 32.5 Å². The third-order valence-electron chi connectivity index (χ3n) is 4.23. The smallest absolute Gasteiger partial charge is 0.0900 e. The largest absolute Gasteiger partial charge is 0.389 e. The molecule has 23 heavy (non-hydrogen) atoms. The lowest BCUT2D eigenvalue weighted by Crippen LogP contribution is -2.39. The SMILES string of the molecule is Cc1ccccc1CN(C[C@@H](O)COC(C)C)C[C@H]1CCCO1. The topological polar surface area (TPSA) is 41.9 Å². The van der Waals surface area contributed by atoms with E-state index in [2.05, 4.69) is 36.1 Å². The van der Waals surface area contributed by atoms with Gasteiger partial charge in [-0.2, -0.15) is 0 Å². The van der Waals surface area contributed by atoms with E-state index in [-0.39, 0.29) is 12.2 Å². The molecule has 1 aromatic carbocycles. The summed E-state index contributed by atoms with van der Waals surface area (Å²) in [6.07, 6.45) is 2.22. The van der Waals surface area contributed by atoms with Gasteiger partial charge < -0.3 is 14.6 Å². The van der Waals surface area contributed by atoms with Gasteiger partial charge in [0.15, 0.2) is 0 Å². The Balaban J connectivity index is 1.94. The van der Waals surface area contributed by atoms with Gasteiger partial charge in [0, 0.05) is 26.2 Å². The van der Waals surface area contributed by atoms with Gasteiger partial charge in [0.1, 0.15) is 0 Å². The molecule has 1 N–H and O–H groups in total. The molecule has 4 nitrogen and oxygen atoms in total. The number of aryl methyl sites for hydroxylation is 1. The highest BCUT2D eigenvalue weighted by atomic mass is 16.5. The summed E-state index contributed by atoms with van der Waals surface area (Å²) in [5.74, 6) is 0. The number of aliphatic hydroxyl groups is 1. The molecule has 1 saturated heterocycles. The molecule has 2 atom stereocenters. The summed E-state index contributed by atoms with van der Waals surface area (Å²) in [5.41, 5.74) is 2.60. The second-order valence-corrected chi connectivity index (χ2v) is 6.79. The Bertz CT molecular complexity index is 458. The molecule has 0 bridgehead atoms. The van der Waals surface area contributed by atoms with Crippen molar-refractivity contribution in [2.24, 2.45) is 0 Å². The van der Waals surface area contributed by atoms with Gasteiger partial charge in [-0.3, -0.25) is 4.90 Å². The number of nitrogens with zero attached hydrogens (tertiary/aromatic N) is 1. The van der Waals surface area contributed by atoms with Crippen LogP contribution in [0.2, 0.25) is 0 Å². The molecule has 0 aliphatic carbocycles. The van der Waals surface area contributed by atoms with Crippen molar-refractivity contribution in [3.63, 3.8) is 0 Å². The number of rotatable bonds is 9. The maximum Gasteiger partial charge on any atom is 0.0900 e. The number of hydrogen-bond acceptors (Lipinski definition) is 4. The van der Waals surface area contributed by atoms with Crippen molar-refractivity contribution in [2.45, 2.75) is 58.5 Å². The molecule has 1 aliphatic heterocycles. The van der Waals surface area contributed by atoms with Crippen LogP contribution < -0.4 is 0 Å². The molecule has 0 amide bonds. The summed E-state index contributed by atoms with van der Waals surface area (Å²) in [4.78, 5) is 2.30. The molecule has 2 rings (SSSR count). The summed E-state index contributed by atoms with van der Waals surface area (Å²) < 4.78 is 11.3. The minimum absolute atomic E-state index is 0.146. The molecule has 1 aliphatic rings. The molecule has 1 fully saturated rings. The first-order chi connectivity index (χ1) is 11.0. The Kier molecular flexibility index (Phi) is 7.50. The highest BCUT2D eigenvalue weighted by Crippen LogP contribution is 2.17. The summed E-state index contributed by atoms with van der Waals surface area (Å²) in [6.45, 7) is 9.68. The summed E-state index contributed by atoms with van der Waals surface area (Å²) in [5, 5.41) is 10.3. The van der Waals surface area contributed by atoms with Gasteiger partial charge in [-0.1, -0.05) is 24.3 Å². The summed E-state index contributed by atoms with van der Waals surface area (Å²) in [6, 6.07) is 8.44. The predicted octanol–water partition coefficient (Wildman–Crippen LogP) is 2.76. The van der Waals surface area contributed by atoms with E-state index in [4.69, 9.17) is 9.47 Å². The van der Waals surface area contributed by atoms with Crippen LogP contribution in [0.4, 0.5) is 0 Å². The molecular weight excluding hydrogens is 290 g/mol. The first-order valence-corrected chi connectivity index (χ1v) is 8.72. The Morgan fingerprint density at radius 3 is 2.78 bits per heavy atom. The highest BCUT2D eigenvalue weighted by molar-refractivity contribution is 5.25. The minimum Gasteiger partial charge on any atom is -0.389 e. The molecule has 1 heterocycles. The van der Waals surface area contributed by atoms with Crippen LogP contribution in [0.5, 0.6) is 0 Å². The van der Waals surface area contributed by atoms with E-state index in [1.54, 1.807) is 0 Å². The Morgan fingerprint density at radius 2 is 2.13 bits per heavy atom. The zero-order valence-electron chi connectivity index (χ0n) is 14.7. The van der Waals surface area contributed by atoms with Gasteiger partial charge in [0.25, 0.3) is 0 Å². The standard InChI is InChI=1S/C19H31NO3/c1-15(2)23-14-18(21)12-20(13-19-9-6-10-22-19)11-17-8-5-4-7-16(17)3/h4-5,7-8,15,18-19,21H,6,9-14H2,1-3H3/t18-,19-/m1/s1. The van der Waals surface area contributed by atoms with Crippen molar-refractivity contribution in [2.75, 3.05) is 26.3 Å². The third kappa shape index (κ3) is 6.60. The number of ether oxygens (including phenoxy) is 2. The average Bonchev–Trinajstić information content (AvgIpc) is 3.00. The zero-order chi connectivity index (χ0) is 16.7. The maximum atomic E-state index is 10.3. The minimum atomic E-state index is -0.470. The number of aliphatic hydroxyl groups excluding tert-OH is 1. The highest BCUT2D eigenvalue weighted by Gasteiger charge is 2.21. The molecule has 0 unspecified atom stereocenters. The van der Waals surface area contributed by atoms with Gasteiger partial charge in [-0.05, 0) is 44.7 Å². The molecule has 0 spiro atoms. The average molecular weight is 321 g/mol. The van der Waals surface area contributed by atoms with Crippen molar-refractivity contribution in [3.8, 4) is 0 Å². The van der Waals surface area contributed by atoms with Crippen LogP contribution in [-0.4, -0.2) is 54.6 Å². The molecule has 0 aromatic heterocycles. The fourth-order valence-corrected chi connectivity index (χ4v) is 2.96. The second-order valence-electron chi connectivity index (χ2n) is 6.79. The Hall–Kier alpha value is -0.940. The van der Waals surface area contributed by atoms with E-state index in [9.17, 15) is 5.11 Å². The summed E-state index contributed by atoms with van der Waals surface area (Å²) >= 11 is 0. The van der Waals surface area contributed by atoms with Crippen molar-refractivity contribution in [1.29, 1.82) is 0 Å². The molecule has 130 valence electrons. The van der Waals surface area contributed by atoms with Crippen LogP contribution in [-0.2, 0) is 16.0 Å². The predicted molar refractivity (Wildman–Crippen MR) is 92.5 cm³/mol. The lowest BCUT2D eigenvalue weighted by atomic mass is 10.1. The van der Waals surface area contributed by atoms with Crippen LogP contribution in [0.25, 0.3) is 0 Å². The lowest BCUT2D eigenvalue weighted by molar-refractivity contribution is -0.0172. The number of hydrogen-bond donors (Lipinski definition) is 1. The monoisotopic (exact) mass is 321 g/mol. The van der Waals surface area contributed by atoms with Crippen molar-refractivity contribution in [1.82, 2.24) is 4.90 Å². The van der Waals surface area contributed by atoms with E-state index < -0.39 is 6.10 Å². The van der Waals surface area contributed by atoms with Gasteiger partial charge in [0.2, 0.25) is 0 Å².